The Morgan fingerprint density at radius 3 is 2.43 bits per heavy atom. The maximum absolute atomic E-state index is 10.7. The summed E-state index contributed by atoms with van der Waals surface area (Å²) in [6.07, 6.45) is -0.146. The molecule has 0 aliphatic rings. The minimum atomic E-state index is -1.03. The number of carboxylic acid groups (broad SMARTS) is 2. The van der Waals surface area contributed by atoms with Crippen LogP contribution in [0, 0.1) is 6.92 Å². The van der Waals surface area contributed by atoms with Crippen LogP contribution in [0.25, 0.3) is 0 Å². The molecular weight excluding hydrogens is 184 g/mol. The smallest absolute Gasteiger partial charge is 0.335 e. The van der Waals surface area contributed by atoms with Crippen molar-refractivity contribution in [2.24, 2.45) is 0 Å². The van der Waals surface area contributed by atoms with Crippen LogP contribution in [0.15, 0.2) is 18.2 Å². The maximum atomic E-state index is 10.7. The summed E-state index contributed by atoms with van der Waals surface area (Å²) in [6.45, 7) is 1.61. The van der Waals surface area contributed by atoms with Crippen LogP contribution in [0.1, 0.15) is 21.5 Å². The molecule has 0 heterocycles. The SMILES string of the molecule is Cc1c(CC(=O)O)cccc1C(=O)O. The molecule has 4 nitrogen and oxygen atoms in total. The first-order valence-electron chi connectivity index (χ1n) is 4.06. The first-order chi connectivity index (χ1) is 6.52. The van der Waals surface area contributed by atoms with Crippen LogP contribution in [-0.4, -0.2) is 22.2 Å². The van der Waals surface area contributed by atoms with Gasteiger partial charge in [-0.3, -0.25) is 4.79 Å². The van der Waals surface area contributed by atoms with Crippen LogP contribution < -0.4 is 0 Å². The Labute approximate surface area is 80.8 Å². The van der Waals surface area contributed by atoms with E-state index in [1.54, 1.807) is 19.1 Å². The summed E-state index contributed by atoms with van der Waals surface area (Å²) >= 11 is 0. The number of rotatable bonds is 3. The Balaban J connectivity index is 3.13. The van der Waals surface area contributed by atoms with E-state index in [1.165, 1.54) is 6.07 Å². The number of aliphatic carboxylic acids is 1. The van der Waals surface area contributed by atoms with Gasteiger partial charge in [-0.2, -0.15) is 0 Å². The Bertz CT molecular complexity index is 382. The third-order valence-corrected chi connectivity index (χ3v) is 2.02. The lowest BCUT2D eigenvalue weighted by Gasteiger charge is -2.05. The van der Waals surface area contributed by atoms with Gasteiger partial charge in [-0.15, -0.1) is 0 Å². The van der Waals surface area contributed by atoms with E-state index in [1.807, 2.05) is 0 Å². The lowest BCUT2D eigenvalue weighted by Crippen LogP contribution is -2.06. The van der Waals surface area contributed by atoms with Crippen molar-refractivity contribution in [1.82, 2.24) is 0 Å². The fourth-order valence-electron chi connectivity index (χ4n) is 1.27. The van der Waals surface area contributed by atoms with Crippen molar-refractivity contribution >= 4 is 11.9 Å². The number of aromatic carboxylic acids is 1. The topological polar surface area (TPSA) is 74.6 Å². The third kappa shape index (κ3) is 2.10. The highest BCUT2D eigenvalue weighted by molar-refractivity contribution is 5.90. The molecule has 0 saturated heterocycles. The van der Waals surface area contributed by atoms with Crippen molar-refractivity contribution in [2.45, 2.75) is 13.3 Å². The molecule has 0 aliphatic heterocycles. The fourth-order valence-corrected chi connectivity index (χ4v) is 1.27. The third-order valence-electron chi connectivity index (χ3n) is 2.02. The number of hydrogen-bond acceptors (Lipinski definition) is 2. The zero-order valence-corrected chi connectivity index (χ0v) is 7.65. The van der Waals surface area contributed by atoms with Crippen molar-refractivity contribution < 1.29 is 19.8 Å². The fraction of sp³-hybridized carbons (Fsp3) is 0.200. The van der Waals surface area contributed by atoms with E-state index in [0.29, 0.717) is 11.1 Å². The molecule has 0 radical (unpaired) electrons. The number of hydrogen-bond donors (Lipinski definition) is 2. The van der Waals surface area contributed by atoms with Crippen LogP contribution >= 0.6 is 0 Å². The molecule has 74 valence electrons. The Kier molecular flexibility index (Phi) is 2.86. The first kappa shape index (κ1) is 10.2. The molecule has 0 saturated carbocycles. The summed E-state index contributed by atoms with van der Waals surface area (Å²) < 4.78 is 0. The monoisotopic (exact) mass is 194 g/mol. The largest absolute Gasteiger partial charge is 0.481 e. The molecule has 0 amide bonds. The van der Waals surface area contributed by atoms with Gasteiger partial charge >= 0.3 is 11.9 Å². The standard InChI is InChI=1S/C10H10O4/c1-6-7(5-9(11)12)3-2-4-8(6)10(13)14/h2-4H,5H2,1H3,(H,11,12)(H,13,14). The van der Waals surface area contributed by atoms with E-state index < -0.39 is 11.9 Å². The molecule has 2 N–H and O–H groups in total. The van der Waals surface area contributed by atoms with Crippen molar-refractivity contribution in [3.05, 3.63) is 34.9 Å². The maximum Gasteiger partial charge on any atom is 0.335 e. The number of carbonyl (C=O) groups is 2. The first-order valence-corrected chi connectivity index (χ1v) is 4.06. The van der Waals surface area contributed by atoms with Crippen molar-refractivity contribution in [3.63, 3.8) is 0 Å². The molecule has 0 bridgehead atoms. The van der Waals surface area contributed by atoms with Gasteiger partial charge in [0.15, 0.2) is 0 Å². The van der Waals surface area contributed by atoms with E-state index in [4.69, 9.17) is 10.2 Å². The average Bonchev–Trinajstić information content (AvgIpc) is 2.07. The van der Waals surface area contributed by atoms with E-state index >= 15 is 0 Å². The molecule has 0 aromatic heterocycles. The van der Waals surface area contributed by atoms with Gasteiger partial charge < -0.3 is 10.2 Å². The van der Waals surface area contributed by atoms with Gasteiger partial charge in [-0.1, -0.05) is 12.1 Å². The number of benzene rings is 1. The summed E-state index contributed by atoms with van der Waals surface area (Å²) in [6, 6.07) is 4.63. The van der Waals surface area contributed by atoms with Gasteiger partial charge in [0, 0.05) is 0 Å². The van der Waals surface area contributed by atoms with Gasteiger partial charge in [0.2, 0.25) is 0 Å². The average molecular weight is 194 g/mol. The summed E-state index contributed by atoms with van der Waals surface area (Å²) in [5.74, 6) is -2.00. The van der Waals surface area contributed by atoms with Crippen molar-refractivity contribution in [3.8, 4) is 0 Å². The van der Waals surface area contributed by atoms with E-state index in [0.717, 1.165) is 0 Å². The zero-order chi connectivity index (χ0) is 10.7. The summed E-state index contributed by atoms with van der Waals surface area (Å²) in [7, 11) is 0. The summed E-state index contributed by atoms with van der Waals surface area (Å²) in [4.78, 5) is 21.2. The quantitative estimate of drug-likeness (QED) is 0.760. The van der Waals surface area contributed by atoms with E-state index in [-0.39, 0.29) is 12.0 Å². The zero-order valence-electron chi connectivity index (χ0n) is 7.65. The van der Waals surface area contributed by atoms with Gasteiger partial charge in [-0.05, 0) is 24.1 Å². The molecule has 1 rings (SSSR count). The van der Waals surface area contributed by atoms with Gasteiger partial charge in [0.25, 0.3) is 0 Å². The Hall–Kier alpha value is -1.84. The summed E-state index contributed by atoms with van der Waals surface area (Å²) in [5.41, 5.74) is 1.21. The molecule has 1 aromatic rings. The van der Waals surface area contributed by atoms with Crippen molar-refractivity contribution in [2.75, 3.05) is 0 Å². The Morgan fingerprint density at radius 1 is 1.29 bits per heavy atom. The second-order valence-electron chi connectivity index (χ2n) is 2.97. The van der Waals surface area contributed by atoms with E-state index in [2.05, 4.69) is 0 Å². The minimum absolute atomic E-state index is 0.146. The molecule has 0 spiro atoms. The van der Waals surface area contributed by atoms with Crippen LogP contribution in [0.3, 0.4) is 0 Å². The van der Waals surface area contributed by atoms with Gasteiger partial charge in [0.05, 0.1) is 12.0 Å². The van der Waals surface area contributed by atoms with Crippen LogP contribution in [-0.2, 0) is 11.2 Å². The minimum Gasteiger partial charge on any atom is -0.481 e. The molecule has 0 fully saturated rings. The predicted octanol–water partition coefficient (Wildman–Crippen LogP) is 1.32. The second kappa shape index (κ2) is 3.91. The highest BCUT2D eigenvalue weighted by atomic mass is 16.4. The van der Waals surface area contributed by atoms with Crippen LogP contribution in [0.5, 0.6) is 0 Å². The molecular formula is C10H10O4. The van der Waals surface area contributed by atoms with Gasteiger partial charge in [-0.25, -0.2) is 4.79 Å². The molecule has 14 heavy (non-hydrogen) atoms. The molecule has 0 atom stereocenters. The molecule has 0 aliphatic carbocycles. The Morgan fingerprint density at radius 2 is 1.93 bits per heavy atom. The lowest BCUT2D eigenvalue weighted by atomic mass is 10.0. The summed E-state index contributed by atoms with van der Waals surface area (Å²) in [5, 5.41) is 17.4. The second-order valence-corrected chi connectivity index (χ2v) is 2.97. The molecule has 1 aromatic carbocycles. The van der Waals surface area contributed by atoms with Crippen LogP contribution in [0.4, 0.5) is 0 Å². The highest BCUT2D eigenvalue weighted by Gasteiger charge is 2.11. The van der Waals surface area contributed by atoms with E-state index in [9.17, 15) is 9.59 Å². The predicted molar refractivity (Wildman–Crippen MR) is 49.5 cm³/mol. The van der Waals surface area contributed by atoms with Crippen LogP contribution in [0.2, 0.25) is 0 Å². The van der Waals surface area contributed by atoms with Crippen molar-refractivity contribution in [1.29, 1.82) is 0 Å². The molecule has 0 unspecified atom stereocenters. The molecule has 4 heteroatoms. The van der Waals surface area contributed by atoms with Gasteiger partial charge in [0.1, 0.15) is 0 Å². The number of carboxylic acids is 2. The normalized spacial score (nSPS) is 9.79. The lowest BCUT2D eigenvalue weighted by molar-refractivity contribution is -0.136. The highest BCUT2D eigenvalue weighted by Crippen LogP contribution is 2.14.